The zero-order valence-electron chi connectivity index (χ0n) is 16.2. The molecule has 1 saturated carbocycles. The maximum absolute atomic E-state index is 12.5. The molecule has 0 radical (unpaired) electrons. The first-order chi connectivity index (χ1) is 12.5. The summed E-state index contributed by atoms with van der Waals surface area (Å²) in [4.78, 5) is 34.6. The van der Waals surface area contributed by atoms with Crippen molar-refractivity contribution >= 4 is 17.7 Å². The molecule has 1 unspecified atom stereocenters. The van der Waals surface area contributed by atoms with E-state index in [0.29, 0.717) is 11.5 Å². The fourth-order valence-electron chi connectivity index (χ4n) is 2.86. The standard InChI is InChI=1S/C19H27N3O5/c1-18(2,3)27-17(24)20-12-19(4,14-7-8-14)21-16(23)11-13-5-9-15(10-6-13)22(25)26/h5-6,9-10,14H,7-8,11-12H2,1-4H3,(H,20,24)(H,21,23). The number of ether oxygens (including phenoxy) is 1. The molecule has 1 aromatic carbocycles. The highest BCUT2D eigenvalue weighted by Crippen LogP contribution is 2.39. The van der Waals surface area contributed by atoms with Crippen LogP contribution in [0, 0.1) is 16.0 Å². The summed E-state index contributed by atoms with van der Waals surface area (Å²) >= 11 is 0. The third-order valence-corrected chi connectivity index (χ3v) is 4.41. The van der Waals surface area contributed by atoms with Crippen LogP contribution in [0.1, 0.15) is 46.1 Å². The van der Waals surface area contributed by atoms with E-state index in [-0.39, 0.29) is 24.6 Å². The fraction of sp³-hybridized carbons (Fsp3) is 0.579. The van der Waals surface area contributed by atoms with Crippen LogP contribution in [-0.4, -0.2) is 34.6 Å². The van der Waals surface area contributed by atoms with Gasteiger partial charge in [-0.05, 0) is 52.0 Å². The zero-order chi connectivity index (χ0) is 20.2. The summed E-state index contributed by atoms with van der Waals surface area (Å²) in [6, 6.07) is 5.91. The lowest BCUT2D eigenvalue weighted by atomic mass is 9.95. The number of amides is 2. The number of hydrogen-bond donors (Lipinski definition) is 2. The number of hydrogen-bond acceptors (Lipinski definition) is 5. The van der Waals surface area contributed by atoms with Gasteiger partial charge in [-0.2, -0.15) is 0 Å². The molecule has 1 atom stereocenters. The SMILES string of the molecule is CC(C)(C)OC(=O)NCC(C)(NC(=O)Cc1ccc([N+](=O)[O-])cc1)C1CC1. The second-order valence-corrected chi connectivity index (χ2v) is 8.20. The van der Waals surface area contributed by atoms with Gasteiger partial charge in [0.2, 0.25) is 5.91 Å². The van der Waals surface area contributed by atoms with Gasteiger partial charge in [0.1, 0.15) is 5.60 Å². The van der Waals surface area contributed by atoms with Crippen molar-refractivity contribution in [1.82, 2.24) is 10.6 Å². The van der Waals surface area contributed by atoms with Gasteiger partial charge >= 0.3 is 6.09 Å². The van der Waals surface area contributed by atoms with Crippen LogP contribution in [-0.2, 0) is 16.0 Å². The molecule has 27 heavy (non-hydrogen) atoms. The van der Waals surface area contributed by atoms with E-state index in [1.54, 1.807) is 32.9 Å². The third-order valence-electron chi connectivity index (χ3n) is 4.41. The number of carbonyl (C=O) groups is 2. The summed E-state index contributed by atoms with van der Waals surface area (Å²) in [5.74, 6) is 0.109. The largest absolute Gasteiger partial charge is 0.444 e. The summed E-state index contributed by atoms with van der Waals surface area (Å²) in [5.41, 5.74) is -0.464. The summed E-state index contributed by atoms with van der Waals surface area (Å²) in [7, 11) is 0. The lowest BCUT2D eigenvalue weighted by Crippen LogP contribution is -2.56. The molecule has 148 valence electrons. The van der Waals surface area contributed by atoms with Crippen molar-refractivity contribution in [3.8, 4) is 0 Å². The summed E-state index contributed by atoms with van der Waals surface area (Å²) in [6.45, 7) is 7.56. The number of nitrogens with zero attached hydrogens (tertiary/aromatic N) is 1. The number of rotatable bonds is 7. The third kappa shape index (κ3) is 6.54. The average molecular weight is 377 g/mol. The van der Waals surface area contributed by atoms with E-state index in [1.807, 2.05) is 6.92 Å². The van der Waals surface area contributed by atoms with Crippen LogP contribution in [0.4, 0.5) is 10.5 Å². The molecular weight excluding hydrogens is 350 g/mol. The number of nitro benzene ring substituents is 1. The number of nitrogens with one attached hydrogen (secondary N) is 2. The van der Waals surface area contributed by atoms with Crippen LogP contribution in [0.15, 0.2) is 24.3 Å². The number of alkyl carbamates (subject to hydrolysis) is 1. The monoisotopic (exact) mass is 377 g/mol. The van der Waals surface area contributed by atoms with E-state index < -0.39 is 22.2 Å². The lowest BCUT2D eigenvalue weighted by Gasteiger charge is -2.32. The van der Waals surface area contributed by atoms with Crippen LogP contribution in [0.2, 0.25) is 0 Å². The maximum Gasteiger partial charge on any atom is 0.407 e. The Balaban J connectivity index is 1.93. The summed E-state index contributed by atoms with van der Waals surface area (Å²) in [6.07, 6.45) is 1.58. The summed E-state index contributed by atoms with van der Waals surface area (Å²) in [5, 5.41) is 16.5. The van der Waals surface area contributed by atoms with Crippen LogP contribution in [0.25, 0.3) is 0 Å². The molecule has 1 fully saturated rings. The Hall–Kier alpha value is -2.64. The topological polar surface area (TPSA) is 111 Å². The Labute approximate surface area is 158 Å². The quantitative estimate of drug-likeness (QED) is 0.561. The van der Waals surface area contributed by atoms with Crippen LogP contribution < -0.4 is 10.6 Å². The Morgan fingerprint density at radius 3 is 2.26 bits per heavy atom. The molecule has 8 heteroatoms. The van der Waals surface area contributed by atoms with Gasteiger partial charge in [-0.1, -0.05) is 12.1 Å². The normalized spacial score (nSPS) is 16.1. The second kappa shape index (κ2) is 7.94. The molecule has 2 rings (SSSR count). The van der Waals surface area contributed by atoms with Crippen LogP contribution in [0.3, 0.4) is 0 Å². The van der Waals surface area contributed by atoms with Crippen molar-refractivity contribution in [2.45, 2.75) is 58.1 Å². The van der Waals surface area contributed by atoms with Gasteiger partial charge in [-0.3, -0.25) is 14.9 Å². The van der Waals surface area contributed by atoms with Crippen molar-refractivity contribution in [2.75, 3.05) is 6.54 Å². The molecule has 0 bridgehead atoms. The molecule has 2 N–H and O–H groups in total. The molecule has 0 saturated heterocycles. The average Bonchev–Trinajstić information content (AvgIpc) is 3.37. The van der Waals surface area contributed by atoms with E-state index in [2.05, 4.69) is 10.6 Å². The highest BCUT2D eigenvalue weighted by atomic mass is 16.6. The zero-order valence-corrected chi connectivity index (χ0v) is 16.2. The van der Waals surface area contributed by atoms with Gasteiger partial charge in [0.15, 0.2) is 0 Å². The molecule has 1 aliphatic carbocycles. The van der Waals surface area contributed by atoms with Gasteiger partial charge in [-0.25, -0.2) is 4.79 Å². The molecule has 2 amide bonds. The minimum atomic E-state index is -0.584. The number of non-ortho nitro benzene ring substituents is 1. The van der Waals surface area contributed by atoms with Gasteiger partial charge < -0.3 is 15.4 Å². The van der Waals surface area contributed by atoms with Crippen molar-refractivity contribution in [3.63, 3.8) is 0 Å². The van der Waals surface area contributed by atoms with Crippen molar-refractivity contribution in [2.24, 2.45) is 5.92 Å². The Morgan fingerprint density at radius 1 is 1.19 bits per heavy atom. The Bertz CT molecular complexity index is 707. The second-order valence-electron chi connectivity index (χ2n) is 8.20. The molecular formula is C19H27N3O5. The number of nitro groups is 1. The van der Waals surface area contributed by atoms with Gasteiger partial charge in [0, 0.05) is 18.7 Å². The number of benzene rings is 1. The van der Waals surface area contributed by atoms with E-state index in [9.17, 15) is 19.7 Å². The Kier molecular flexibility index (Phi) is 6.08. The number of carbonyl (C=O) groups excluding carboxylic acids is 2. The molecule has 0 aliphatic heterocycles. The van der Waals surface area contributed by atoms with Gasteiger partial charge in [-0.15, -0.1) is 0 Å². The molecule has 1 aliphatic rings. The molecule has 0 spiro atoms. The van der Waals surface area contributed by atoms with Crippen molar-refractivity contribution in [1.29, 1.82) is 0 Å². The minimum absolute atomic E-state index is 0.0106. The van der Waals surface area contributed by atoms with Crippen LogP contribution >= 0.6 is 0 Å². The Morgan fingerprint density at radius 2 is 1.78 bits per heavy atom. The molecule has 0 heterocycles. The first-order valence-corrected chi connectivity index (χ1v) is 9.00. The summed E-state index contributed by atoms with van der Waals surface area (Å²) < 4.78 is 5.25. The highest BCUT2D eigenvalue weighted by molar-refractivity contribution is 5.79. The maximum atomic E-state index is 12.5. The molecule has 0 aromatic heterocycles. The molecule has 8 nitrogen and oxygen atoms in total. The minimum Gasteiger partial charge on any atom is -0.444 e. The van der Waals surface area contributed by atoms with Gasteiger partial charge in [0.25, 0.3) is 5.69 Å². The van der Waals surface area contributed by atoms with E-state index in [1.165, 1.54) is 12.1 Å². The highest BCUT2D eigenvalue weighted by Gasteiger charge is 2.43. The van der Waals surface area contributed by atoms with Crippen LogP contribution in [0.5, 0.6) is 0 Å². The fourth-order valence-corrected chi connectivity index (χ4v) is 2.86. The predicted molar refractivity (Wildman–Crippen MR) is 100 cm³/mol. The van der Waals surface area contributed by atoms with Gasteiger partial charge in [0.05, 0.1) is 16.9 Å². The lowest BCUT2D eigenvalue weighted by molar-refractivity contribution is -0.384. The first-order valence-electron chi connectivity index (χ1n) is 9.00. The smallest absolute Gasteiger partial charge is 0.407 e. The van der Waals surface area contributed by atoms with E-state index in [4.69, 9.17) is 4.74 Å². The van der Waals surface area contributed by atoms with E-state index >= 15 is 0 Å². The predicted octanol–water partition coefficient (Wildman–Crippen LogP) is 2.95. The van der Waals surface area contributed by atoms with Crippen molar-refractivity contribution in [3.05, 3.63) is 39.9 Å². The first kappa shape index (κ1) is 20.7. The van der Waals surface area contributed by atoms with E-state index in [0.717, 1.165) is 12.8 Å². The van der Waals surface area contributed by atoms with Crippen molar-refractivity contribution < 1.29 is 19.2 Å². The molecule has 1 aromatic rings.